The van der Waals surface area contributed by atoms with Crippen LogP contribution in [-0.4, -0.2) is 37.0 Å². The van der Waals surface area contributed by atoms with E-state index >= 15 is 0 Å². The molecule has 6 nitrogen and oxygen atoms in total. The van der Waals surface area contributed by atoms with E-state index in [1.165, 1.54) is 0 Å². The molecule has 2 aromatic rings. The summed E-state index contributed by atoms with van der Waals surface area (Å²) in [6, 6.07) is 14.6. The third kappa shape index (κ3) is 3.38. The number of esters is 1. The molecule has 6 heteroatoms. The van der Waals surface area contributed by atoms with Crippen LogP contribution in [0.15, 0.2) is 48.5 Å². The second kappa shape index (κ2) is 7.46. The molecule has 0 radical (unpaired) electrons. The summed E-state index contributed by atoms with van der Waals surface area (Å²) in [5.74, 6) is -0.743. The lowest BCUT2D eigenvalue weighted by molar-refractivity contribution is -0.126. The number of rotatable bonds is 4. The molecule has 1 atom stereocenters. The van der Waals surface area contributed by atoms with Crippen LogP contribution in [0.4, 0.5) is 11.4 Å². The van der Waals surface area contributed by atoms with Gasteiger partial charge in [-0.05, 0) is 49.6 Å². The van der Waals surface area contributed by atoms with Gasteiger partial charge in [-0.1, -0.05) is 24.3 Å². The van der Waals surface area contributed by atoms with Gasteiger partial charge in [-0.3, -0.25) is 9.59 Å². The van der Waals surface area contributed by atoms with Crippen LogP contribution in [0.5, 0.6) is 0 Å². The van der Waals surface area contributed by atoms with Crippen LogP contribution in [0.1, 0.15) is 35.7 Å². The maximum absolute atomic E-state index is 12.8. The Balaban J connectivity index is 1.45. The normalized spacial score (nSPS) is 16.8. The lowest BCUT2D eigenvalue weighted by Crippen LogP contribution is -2.39. The first kappa shape index (κ1) is 18.2. The van der Waals surface area contributed by atoms with Crippen LogP contribution < -0.4 is 9.80 Å². The van der Waals surface area contributed by atoms with Gasteiger partial charge in [0, 0.05) is 30.9 Å². The minimum atomic E-state index is -0.893. The van der Waals surface area contributed by atoms with Gasteiger partial charge in [-0.25, -0.2) is 4.79 Å². The minimum absolute atomic E-state index is 0.0572. The summed E-state index contributed by atoms with van der Waals surface area (Å²) in [5, 5.41) is 0. The molecule has 2 aromatic carbocycles. The van der Waals surface area contributed by atoms with E-state index in [1.807, 2.05) is 24.3 Å². The first-order valence-electron chi connectivity index (χ1n) is 9.55. The molecule has 1 saturated heterocycles. The first-order chi connectivity index (χ1) is 13.5. The van der Waals surface area contributed by atoms with E-state index < -0.39 is 12.1 Å². The number of para-hydroxylation sites is 1. The summed E-state index contributed by atoms with van der Waals surface area (Å²) in [6.07, 6.45) is 1.25. The molecule has 2 aliphatic rings. The Hall–Kier alpha value is -3.15. The van der Waals surface area contributed by atoms with Gasteiger partial charge in [0.2, 0.25) is 5.91 Å². The number of amides is 2. The lowest BCUT2D eigenvalue weighted by atomic mass is 10.2. The fraction of sp³-hybridized carbons (Fsp3) is 0.318. The topological polar surface area (TPSA) is 66.9 Å². The zero-order valence-electron chi connectivity index (χ0n) is 15.8. The monoisotopic (exact) mass is 378 g/mol. The molecule has 2 heterocycles. The molecular weight excluding hydrogens is 356 g/mol. The molecule has 0 saturated carbocycles. The standard InChI is InChI=1S/C22H22N2O4/c1-15(21(26)24-13-11-16-6-2-3-9-19(16)24)28-22(27)17-7-4-8-18(14-17)23-12-5-10-20(23)25/h2-4,6-9,14-15H,5,10-13H2,1H3/t15-/m1/s1. The van der Waals surface area contributed by atoms with Gasteiger partial charge < -0.3 is 14.5 Å². The average molecular weight is 378 g/mol. The third-order valence-electron chi connectivity index (χ3n) is 5.25. The zero-order chi connectivity index (χ0) is 19.7. The van der Waals surface area contributed by atoms with Gasteiger partial charge in [0.05, 0.1) is 5.56 Å². The largest absolute Gasteiger partial charge is 0.449 e. The fourth-order valence-corrected chi connectivity index (χ4v) is 3.79. The SMILES string of the molecule is C[C@@H](OC(=O)c1cccc(N2CCCC2=O)c1)C(=O)N1CCc2ccccc21. The van der Waals surface area contributed by atoms with Gasteiger partial charge in [0.1, 0.15) is 0 Å². The highest BCUT2D eigenvalue weighted by atomic mass is 16.5. The van der Waals surface area contributed by atoms with Crippen LogP contribution in [0.3, 0.4) is 0 Å². The molecule has 1 fully saturated rings. The highest BCUT2D eigenvalue weighted by Gasteiger charge is 2.30. The molecule has 2 aliphatic heterocycles. The van der Waals surface area contributed by atoms with Crippen molar-refractivity contribution in [3.8, 4) is 0 Å². The first-order valence-corrected chi connectivity index (χ1v) is 9.55. The van der Waals surface area contributed by atoms with E-state index in [2.05, 4.69) is 0 Å². The van der Waals surface area contributed by atoms with E-state index in [1.54, 1.807) is 41.0 Å². The Kier molecular flexibility index (Phi) is 4.86. The third-order valence-corrected chi connectivity index (χ3v) is 5.25. The van der Waals surface area contributed by atoms with Crippen LogP contribution in [0, 0.1) is 0 Å². The zero-order valence-corrected chi connectivity index (χ0v) is 15.8. The minimum Gasteiger partial charge on any atom is -0.449 e. The van der Waals surface area contributed by atoms with Gasteiger partial charge in [0.25, 0.3) is 5.91 Å². The number of carbonyl (C=O) groups is 3. The Morgan fingerprint density at radius 3 is 2.64 bits per heavy atom. The molecule has 0 bridgehead atoms. The smallest absolute Gasteiger partial charge is 0.338 e. The van der Waals surface area contributed by atoms with Crippen molar-refractivity contribution in [2.75, 3.05) is 22.9 Å². The summed E-state index contributed by atoms with van der Waals surface area (Å²) in [5.41, 5.74) is 3.02. The van der Waals surface area contributed by atoms with Gasteiger partial charge in [-0.2, -0.15) is 0 Å². The van der Waals surface area contributed by atoms with E-state index in [0.29, 0.717) is 30.8 Å². The maximum Gasteiger partial charge on any atom is 0.338 e. The fourth-order valence-electron chi connectivity index (χ4n) is 3.79. The molecule has 0 aromatic heterocycles. The van der Waals surface area contributed by atoms with Crippen LogP contribution in [0.25, 0.3) is 0 Å². The number of ether oxygens (including phenoxy) is 1. The van der Waals surface area contributed by atoms with Crippen molar-refractivity contribution in [2.24, 2.45) is 0 Å². The highest BCUT2D eigenvalue weighted by molar-refractivity contribution is 6.01. The number of carbonyl (C=O) groups excluding carboxylic acids is 3. The Morgan fingerprint density at radius 1 is 1.04 bits per heavy atom. The quantitative estimate of drug-likeness (QED) is 0.767. The molecule has 4 rings (SSSR count). The summed E-state index contributed by atoms with van der Waals surface area (Å²) in [7, 11) is 0. The molecule has 2 amide bonds. The molecule has 0 N–H and O–H groups in total. The van der Waals surface area contributed by atoms with Crippen molar-refractivity contribution < 1.29 is 19.1 Å². The van der Waals surface area contributed by atoms with Crippen LogP contribution >= 0.6 is 0 Å². The van der Waals surface area contributed by atoms with Crippen molar-refractivity contribution in [2.45, 2.75) is 32.3 Å². The summed E-state index contributed by atoms with van der Waals surface area (Å²) < 4.78 is 5.44. The molecule has 28 heavy (non-hydrogen) atoms. The molecule has 144 valence electrons. The molecule has 0 aliphatic carbocycles. The van der Waals surface area contributed by atoms with E-state index in [0.717, 1.165) is 24.1 Å². The van der Waals surface area contributed by atoms with Crippen LogP contribution in [-0.2, 0) is 20.7 Å². The van der Waals surface area contributed by atoms with Gasteiger partial charge in [0.15, 0.2) is 6.10 Å². The number of anilines is 2. The predicted molar refractivity (Wildman–Crippen MR) is 105 cm³/mol. The van der Waals surface area contributed by atoms with Crippen molar-refractivity contribution in [3.05, 3.63) is 59.7 Å². The number of nitrogens with zero attached hydrogens (tertiary/aromatic N) is 2. The number of benzene rings is 2. The van der Waals surface area contributed by atoms with Gasteiger partial charge >= 0.3 is 5.97 Å². The van der Waals surface area contributed by atoms with Crippen molar-refractivity contribution >= 4 is 29.2 Å². The summed E-state index contributed by atoms with van der Waals surface area (Å²) >= 11 is 0. The van der Waals surface area contributed by atoms with Crippen molar-refractivity contribution in [1.82, 2.24) is 0 Å². The van der Waals surface area contributed by atoms with E-state index in [-0.39, 0.29) is 11.8 Å². The molecule has 0 unspecified atom stereocenters. The Morgan fingerprint density at radius 2 is 1.86 bits per heavy atom. The van der Waals surface area contributed by atoms with Crippen molar-refractivity contribution in [1.29, 1.82) is 0 Å². The number of fused-ring (bicyclic) bond motifs is 1. The predicted octanol–water partition coefficient (Wildman–Crippen LogP) is 2.95. The van der Waals surface area contributed by atoms with E-state index in [4.69, 9.17) is 4.74 Å². The Bertz CT molecular complexity index is 940. The maximum atomic E-state index is 12.8. The summed E-state index contributed by atoms with van der Waals surface area (Å²) in [4.78, 5) is 40.6. The Labute approximate surface area is 163 Å². The van der Waals surface area contributed by atoms with Crippen molar-refractivity contribution in [3.63, 3.8) is 0 Å². The molecule has 0 spiro atoms. The summed E-state index contributed by atoms with van der Waals surface area (Å²) in [6.45, 7) is 2.84. The lowest BCUT2D eigenvalue weighted by Gasteiger charge is -2.22. The van der Waals surface area contributed by atoms with Gasteiger partial charge in [-0.15, -0.1) is 0 Å². The number of hydrogen-bond acceptors (Lipinski definition) is 4. The second-order valence-corrected chi connectivity index (χ2v) is 7.12. The second-order valence-electron chi connectivity index (χ2n) is 7.12. The molecular formula is C22H22N2O4. The number of hydrogen-bond donors (Lipinski definition) is 0. The average Bonchev–Trinajstić information content (AvgIpc) is 3.33. The van der Waals surface area contributed by atoms with Crippen LogP contribution in [0.2, 0.25) is 0 Å². The van der Waals surface area contributed by atoms with E-state index in [9.17, 15) is 14.4 Å². The highest BCUT2D eigenvalue weighted by Crippen LogP contribution is 2.28.